The van der Waals surface area contributed by atoms with Crippen molar-refractivity contribution >= 4 is 0 Å². The second kappa shape index (κ2) is 4.97. The van der Waals surface area contributed by atoms with E-state index in [2.05, 4.69) is 4.98 Å². The Hall–Kier alpha value is -1.07. The smallest absolute Gasteiger partial charge is 0.265 e. The van der Waals surface area contributed by atoms with Gasteiger partial charge in [-0.3, -0.25) is 4.98 Å². The topological polar surface area (TPSA) is 59.1 Å². The second-order valence-corrected chi connectivity index (χ2v) is 2.95. The van der Waals surface area contributed by atoms with Crippen molar-refractivity contribution in [3.63, 3.8) is 0 Å². The summed E-state index contributed by atoms with van der Waals surface area (Å²) in [5.74, 6) is 0. The minimum atomic E-state index is -2.56. The van der Waals surface area contributed by atoms with Crippen molar-refractivity contribution in [2.75, 3.05) is 6.54 Å². The van der Waals surface area contributed by atoms with Crippen molar-refractivity contribution in [1.82, 2.24) is 4.98 Å². The van der Waals surface area contributed by atoms with Gasteiger partial charge in [0.1, 0.15) is 0 Å². The molecule has 3 N–H and O–H groups in total. The summed E-state index contributed by atoms with van der Waals surface area (Å²) < 4.78 is 24.5. The lowest BCUT2D eigenvalue weighted by Gasteiger charge is -2.09. The molecule has 0 radical (unpaired) electrons. The van der Waals surface area contributed by atoms with Gasteiger partial charge >= 0.3 is 0 Å². The molecule has 5 heteroatoms. The standard InChI is InChI=1S/C9H12F2N2O/c10-9(11)7-3-6(4-13-5-7)8(14)1-2-12/h3-5,8-9,14H,1-2,12H2. The molecular weight excluding hydrogens is 190 g/mol. The third kappa shape index (κ3) is 2.71. The highest BCUT2D eigenvalue weighted by Gasteiger charge is 2.12. The maximum Gasteiger partial charge on any atom is 0.265 e. The van der Waals surface area contributed by atoms with Crippen LogP contribution in [0, 0.1) is 0 Å². The first-order valence-corrected chi connectivity index (χ1v) is 4.26. The molecule has 1 aromatic heterocycles. The van der Waals surface area contributed by atoms with Crippen LogP contribution < -0.4 is 5.73 Å². The molecule has 1 heterocycles. The Morgan fingerprint density at radius 2 is 2.00 bits per heavy atom. The molecule has 0 aliphatic carbocycles. The lowest BCUT2D eigenvalue weighted by molar-refractivity contribution is 0.148. The highest BCUT2D eigenvalue weighted by molar-refractivity contribution is 5.20. The van der Waals surface area contributed by atoms with E-state index in [9.17, 15) is 13.9 Å². The van der Waals surface area contributed by atoms with Crippen LogP contribution in [-0.2, 0) is 0 Å². The molecule has 3 nitrogen and oxygen atoms in total. The first kappa shape index (κ1) is 11.0. The summed E-state index contributed by atoms with van der Waals surface area (Å²) in [7, 11) is 0. The zero-order valence-corrected chi connectivity index (χ0v) is 7.53. The first-order valence-electron chi connectivity index (χ1n) is 4.26. The van der Waals surface area contributed by atoms with E-state index < -0.39 is 12.5 Å². The summed E-state index contributed by atoms with van der Waals surface area (Å²) in [6.07, 6.45) is -0.581. The number of aliphatic hydroxyl groups excluding tert-OH is 1. The largest absolute Gasteiger partial charge is 0.388 e. The molecule has 0 aliphatic heterocycles. The SMILES string of the molecule is NCCC(O)c1cncc(C(F)F)c1. The van der Waals surface area contributed by atoms with Crippen LogP contribution in [0.3, 0.4) is 0 Å². The minimum absolute atomic E-state index is 0.182. The molecule has 0 aliphatic rings. The molecular formula is C9H12F2N2O. The van der Waals surface area contributed by atoms with Crippen LogP contribution in [0.5, 0.6) is 0 Å². The summed E-state index contributed by atoms with van der Waals surface area (Å²) in [6.45, 7) is 0.306. The fourth-order valence-electron chi connectivity index (χ4n) is 1.10. The van der Waals surface area contributed by atoms with Crippen LogP contribution in [0.4, 0.5) is 8.78 Å². The third-order valence-electron chi connectivity index (χ3n) is 1.86. The molecule has 0 amide bonds. The number of alkyl halides is 2. The number of pyridine rings is 1. The van der Waals surface area contributed by atoms with E-state index >= 15 is 0 Å². The van der Waals surface area contributed by atoms with Crippen molar-refractivity contribution in [2.45, 2.75) is 19.0 Å². The molecule has 0 fully saturated rings. The Balaban J connectivity index is 2.82. The van der Waals surface area contributed by atoms with E-state index in [1.165, 1.54) is 12.3 Å². The van der Waals surface area contributed by atoms with Gasteiger partial charge in [0.05, 0.1) is 6.10 Å². The van der Waals surface area contributed by atoms with Gasteiger partial charge in [-0.25, -0.2) is 8.78 Å². The number of halogens is 2. The Labute approximate surface area is 80.6 Å². The van der Waals surface area contributed by atoms with E-state index in [0.717, 1.165) is 6.20 Å². The highest BCUT2D eigenvalue weighted by Crippen LogP contribution is 2.22. The summed E-state index contributed by atoms with van der Waals surface area (Å²) in [6, 6.07) is 1.25. The zero-order valence-electron chi connectivity index (χ0n) is 7.53. The van der Waals surface area contributed by atoms with E-state index in [0.29, 0.717) is 18.5 Å². The summed E-state index contributed by atoms with van der Waals surface area (Å²) in [4.78, 5) is 3.63. The lowest BCUT2D eigenvalue weighted by atomic mass is 10.1. The average Bonchev–Trinajstić information content (AvgIpc) is 2.18. The molecule has 1 unspecified atom stereocenters. The predicted octanol–water partition coefficient (Wildman–Crippen LogP) is 1.40. The number of aromatic nitrogens is 1. The van der Waals surface area contributed by atoms with E-state index in [1.54, 1.807) is 0 Å². The van der Waals surface area contributed by atoms with Gasteiger partial charge in [0.25, 0.3) is 6.43 Å². The third-order valence-corrected chi connectivity index (χ3v) is 1.86. The molecule has 1 atom stereocenters. The van der Waals surface area contributed by atoms with Gasteiger partial charge in [-0.2, -0.15) is 0 Å². The summed E-state index contributed by atoms with van der Waals surface area (Å²) >= 11 is 0. The van der Waals surface area contributed by atoms with Gasteiger partial charge in [0, 0.05) is 18.0 Å². The number of nitrogens with two attached hydrogens (primary N) is 1. The fraction of sp³-hybridized carbons (Fsp3) is 0.444. The molecule has 78 valence electrons. The Morgan fingerprint density at radius 1 is 1.36 bits per heavy atom. The molecule has 1 rings (SSSR count). The number of hydrogen-bond acceptors (Lipinski definition) is 3. The van der Waals surface area contributed by atoms with Crippen LogP contribution in [0.25, 0.3) is 0 Å². The zero-order chi connectivity index (χ0) is 10.6. The first-order chi connectivity index (χ1) is 6.65. The van der Waals surface area contributed by atoms with E-state index in [-0.39, 0.29) is 5.56 Å². The van der Waals surface area contributed by atoms with Gasteiger partial charge < -0.3 is 10.8 Å². The Kier molecular flexibility index (Phi) is 3.91. The van der Waals surface area contributed by atoms with Crippen molar-refractivity contribution in [2.24, 2.45) is 5.73 Å². The molecule has 0 saturated carbocycles. The van der Waals surface area contributed by atoms with Gasteiger partial charge in [0.15, 0.2) is 0 Å². The number of hydrogen-bond donors (Lipinski definition) is 2. The van der Waals surface area contributed by atoms with Gasteiger partial charge in [-0.05, 0) is 24.6 Å². The quantitative estimate of drug-likeness (QED) is 0.775. The van der Waals surface area contributed by atoms with Crippen LogP contribution >= 0.6 is 0 Å². The molecule has 0 aromatic carbocycles. The Bertz CT molecular complexity index is 294. The molecule has 0 bridgehead atoms. The Morgan fingerprint density at radius 3 is 2.57 bits per heavy atom. The normalized spacial score (nSPS) is 13.2. The van der Waals surface area contributed by atoms with E-state index in [4.69, 9.17) is 5.73 Å². The lowest BCUT2D eigenvalue weighted by Crippen LogP contribution is -2.07. The number of nitrogens with zero attached hydrogens (tertiary/aromatic N) is 1. The molecule has 0 saturated heterocycles. The average molecular weight is 202 g/mol. The fourth-order valence-corrected chi connectivity index (χ4v) is 1.10. The maximum absolute atomic E-state index is 12.2. The number of rotatable bonds is 4. The van der Waals surface area contributed by atoms with Crippen LogP contribution in [-0.4, -0.2) is 16.6 Å². The van der Waals surface area contributed by atoms with Crippen molar-refractivity contribution < 1.29 is 13.9 Å². The molecule has 14 heavy (non-hydrogen) atoms. The summed E-state index contributed by atoms with van der Waals surface area (Å²) in [5, 5.41) is 9.46. The highest BCUT2D eigenvalue weighted by atomic mass is 19.3. The van der Waals surface area contributed by atoms with Gasteiger partial charge in [-0.15, -0.1) is 0 Å². The molecule has 0 spiro atoms. The predicted molar refractivity (Wildman–Crippen MR) is 47.8 cm³/mol. The van der Waals surface area contributed by atoms with Crippen molar-refractivity contribution in [1.29, 1.82) is 0 Å². The van der Waals surface area contributed by atoms with Crippen LogP contribution in [0.2, 0.25) is 0 Å². The van der Waals surface area contributed by atoms with Crippen LogP contribution in [0.15, 0.2) is 18.5 Å². The number of aliphatic hydroxyl groups is 1. The van der Waals surface area contributed by atoms with Gasteiger partial charge in [0.2, 0.25) is 0 Å². The minimum Gasteiger partial charge on any atom is -0.388 e. The molecule has 1 aromatic rings. The van der Waals surface area contributed by atoms with Gasteiger partial charge in [-0.1, -0.05) is 0 Å². The second-order valence-electron chi connectivity index (χ2n) is 2.95. The summed E-state index contributed by atoms with van der Waals surface area (Å²) in [5.41, 5.74) is 5.44. The van der Waals surface area contributed by atoms with Crippen LogP contribution in [0.1, 0.15) is 30.1 Å². The van der Waals surface area contributed by atoms with Crippen molar-refractivity contribution in [3.8, 4) is 0 Å². The van der Waals surface area contributed by atoms with Crippen molar-refractivity contribution in [3.05, 3.63) is 29.6 Å². The monoisotopic (exact) mass is 202 g/mol. The van der Waals surface area contributed by atoms with E-state index in [1.807, 2.05) is 0 Å². The maximum atomic E-state index is 12.2.